The van der Waals surface area contributed by atoms with Gasteiger partial charge in [0.2, 0.25) is 0 Å². The Morgan fingerprint density at radius 1 is 1.73 bits per heavy atom. The quantitative estimate of drug-likeness (QED) is 0.570. The Hall–Kier alpha value is -0.890. The van der Waals surface area contributed by atoms with Crippen molar-refractivity contribution < 1.29 is 9.90 Å². The average molecular weight is 152 g/mol. The molecule has 11 heavy (non-hydrogen) atoms. The molecule has 1 aliphatic carbocycles. The molecule has 2 nitrogen and oxygen atoms in total. The van der Waals surface area contributed by atoms with E-state index in [1.54, 1.807) is 19.1 Å². The molecule has 0 amide bonds. The highest BCUT2D eigenvalue weighted by molar-refractivity contribution is 5.61. The molecule has 0 aromatic carbocycles. The van der Waals surface area contributed by atoms with E-state index in [1.165, 1.54) is 0 Å². The summed E-state index contributed by atoms with van der Waals surface area (Å²) in [4.78, 5) is 10.5. The molecular weight excluding hydrogens is 140 g/mol. The van der Waals surface area contributed by atoms with Crippen LogP contribution in [0.1, 0.15) is 13.8 Å². The van der Waals surface area contributed by atoms with Crippen LogP contribution in [0.4, 0.5) is 0 Å². The van der Waals surface area contributed by atoms with Gasteiger partial charge in [0, 0.05) is 0 Å². The summed E-state index contributed by atoms with van der Waals surface area (Å²) in [5.74, 6) is -0.396. The molecule has 0 aromatic rings. The standard InChI is InChI=1S/C9H12O2/c1-7-4-3-5-8(6-10)9(7,2)11/h3-6,8,11H,1-2H3. The van der Waals surface area contributed by atoms with Crippen molar-refractivity contribution in [3.63, 3.8) is 0 Å². The van der Waals surface area contributed by atoms with Gasteiger partial charge < -0.3 is 9.90 Å². The van der Waals surface area contributed by atoms with E-state index in [9.17, 15) is 9.90 Å². The molecule has 0 saturated carbocycles. The maximum atomic E-state index is 10.5. The van der Waals surface area contributed by atoms with Crippen molar-refractivity contribution in [3.05, 3.63) is 23.8 Å². The topological polar surface area (TPSA) is 37.3 Å². The van der Waals surface area contributed by atoms with Gasteiger partial charge in [-0.2, -0.15) is 0 Å². The number of hydrogen-bond acceptors (Lipinski definition) is 2. The fourth-order valence-electron chi connectivity index (χ4n) is 1.12. The molecule has 0 bridgehead atoms. The summed E-state index contributed by atoms with van der Waals surface area (Å²) in [6.45, 7) is 3.47. The van der Waals surface area contributed by atoms with Crippen LogP contribution in [0.5, 0.6) is 0 Å². The van der Waals surface area contributed by atoms with Gasteiger partial charge in [-0.3, -0.25) is 0 Å². The molecule has 2 heteroatoms. The second-order valence-corrected chi connectivity index (χ2v) is 3.04. The lowest BCUT2D eigenvalue weighted by Gasteiger charge is -2.30. The molecule has 0 radical (unpaired) electrons. The number of hydrogen-bond donors (Lipinski definition) is 1. The Morgan fingerprint density at radius 3 is 2.82 bits per heavy atom. The van der Waals surface area contributed by atoms with E-state index >= 15 is 0 Å². The van der Waals surface area contributed by atoms with Crippen molar-refractivity contribution >= 4 is 6.29 Å². The van der Waals surface area contributed by atoms with E-state index in [2.05, 4.69) is 0 Å². The minimum absolute atomic E-state index is 0.396. The smallest absolute Gasteiger partial charge is 0.130 e. The first-order chi connectivity index (χ1) is 5.09. The summed E-state index contributed by atoms with van der Waals surface area (Å²) in [5, 5.41) is 9.75. The molecule has 0 spiro atoms. The summed E-state index contributed by atoms with van der Waals surface area (Å²) < 4.78 is 0. The van der Waals surface area contributed by atoms with E-state index in [-0.39, 0.29) is 0 Å². The third-order valence-corrected chi connectivity index (χ3v) is 2.26. The van der Waals surface area contributed by atoms with Gasteiger partial charge in [0.1, 0.15) is 6.29 Å². The van der Waals surface area contributed by atoms with Gasteiger partial charge in [0.25, 0.3) is 0 Å². The van der Waals surface area contributed by atoms with Gasteiger partial charge in [0.05, 0.1) is 11.5 Å². The first kappa shape index (κ1) is 8.21. The zero-order valence-corrected chi connectivity index (χ0v) is 6.74. The fraction of sp³-hybridized carbons (Fsp3) is 0.444. The molecule has 0 saturated heterocycles. The first-order valence-corrected chi connectivity index (χ1v) is 3.62. The van der Waals surface area contributed by atoms with Crippen LogP contribution in [0, 0.1) is 5.92 Å². The van der Waals surface area contributed by atoms with Crippen LogP contribution in [-0.4, -0.2) is 17.0 Å². The predicted molar refractivity (Wildman–Crippen MR) is 43.1 cm³/mol. The summed E-state index contributed by atoms with van der Waals surface area (Å²) in [6.07, 6.45) is 6.10. The summed E-state index contributed by atoms with van der Waals surface area (Å²) in [6, 6.07) is 0. The first-order valence-electron chi connectivity index (χ1n) is 3.62. The second kappa shape index (κ2) is 2.62. The lowest BCUT2D eigenvalue weighted by Crippen LogP contribution is -2.36. The number of aliphatic hydroxyl groups is 1. The van der Waals surface area contributed by atoms with Crippen LogP contribution >= 0.6 is 0 Å². The number of allylic oxidation sites excluding steroid dienone is 2. The van der Waals surface area contributed by atoms with Crippen LogP contribution < -0.4 is 0 Å². The van der Waals surface area contributed by atoms with Gasteiger partial charge in [-0.05, 0) is 19.4 Å². The zero-order chi connectivity index (χ0) is 8.48. The molecule has 0 aliphatic heterocycles. The van der Waals surface area contributed by atoms with E-state index in [0.29, 0.717) is 0 Å². The predicted octanol–water partition coefficient (Wildman–Crippen LogP) is 1.07. The van der Waals surface area contributed by atoms with Gasteiger partial charge >= 0.3 is 0 Å². The molecule has 0 aromatic heterocycles. The van der Waals surface area contributed by atoms with Crippen molar-refractivity contribution in [1.29, 1.82) is 0 Å². The van der Waals surface area contributed by atoms with Gasteiger partial charge in [-0.15, -0.1) is 0 Å². The zero-order valence-electron chi connectivity index (χ0n) is 6.74. The Morgan fingerprint density at radius 2 is 2.36 bits per heavy atom. The molecule has 1 aliphatic rings. The van der Waals surface area contributed by atoms with Crippen molar-refractivity contribution in [3.8, 4) is 0 Å². The molecule has 60 valence electrons. The maximum absolute atomic E-state index is 10.5. The highest BCUT2D eigenvalue weighted by Gasteiger charge is 2.32. The molecule has 1 N–H and O–H groups in total. The highest BCUT2D eigenvalue weighted by Crippen LogP contribution is 2.28. The van der Waals surface area contributed by atoms with Gasteiger partial charge in [-0.1, -0.05) is 18.2 Å². The minimum atomic E-state index is -0.990. The lowest BCUT2D eigenvalue weighted by atomic mass is 9.81. The Kier molecular flexibility index (Phi) is 1.96. The largest absolute Gasteiger partial charge is 0.385 e. The number of rotatable bonds is 1. The van der Waals surface area contributed by atoms with E-state index < -0.39 is 11.5 Å². The average Bonchev–Trinajstić information content (AvgIpc) is 1.95. The van der Waals surface area contributed by atoms with Crippen molar-refractivity contribution in [2.75, 3.05) is 0 Å². The second-order valence-electron chi connectivity index (χ2n) is 3.04. The number of carbonyl (C=O) groups is 1. The minimum Gasteiger partial charge on any atom is -0.385 e. The van der Waals surface area contributed by atoms with E-state index in [1.807, 2.05) is 13.0 Å². The molecule has 1 rings (SSSR count). The highest BCUT2D eigenvalue weighted by atomic mass is 16.3. The molecule has 2 atom stereocenters. The van der Waals surface area contributed by atoms with Crippen LogP contribution in [0.2, 0.25) is 0 Å². The SMILES string of the molecule is CC1=CC=CC(C=O)C1(C)O. The summed E-state index contributed by atoms with van der Waals surface area (Å²) in [7, 11) is 0. The normalized spacial score (nSPS) is 36.6. The van der Waals surface area contributed by atoms with E-state index in [4.69, 9.17) is 0 Å². The van der Waals surface area contributed by atoms with Gasteiger partial charge in [-0.25, -0.2) is 0 Å². The molecule has 2 unspecified atom stereocenters. The third-order valence-electron chi connectivity index (χ3n) is 2.26. The van der Waals surface area contributed by atoms with Crippen molar-refractivity contribution in [2.45, 2.75) is 19.4 Å². The third kappa shape index (κ3) is 1.26. The lowest BCUT2D eigenvalue weighted by molar-refractivity contribution is -0.114. The number of carbonyl (C=O) groups excluding carboxylic acids is 1. The Balaban J connectivity index is 2.97. The van der Waals surface area contributed by atoms with Crippen LogP contribution in [0.15, 0.2) is 23.8 Å². The molecular formula is C9H12O2. The fourth-order valence-corrected chi connectivity index (χ4v) is 1.12. The van der Waals surface area contributed by atoms with Crippen LogP contribution in [-0.2, 0) is 4.79 Å². The van der Waals surface area contributed by atoms with Crippen LogP contribution in [0.3, 0.4) is 0 Å². The molecule has 0 heterocycles. The maximum Gasteiger partial charge on any atom is 0.130 e. The Labute approximate surface area is 66.2 Å². The number of aldehydes is 1. The Bertz CT molecular complexity index is 224. The van der Waals surface area contributed by atoms with Crippen molar-refractivity contribution in [1.82, 2.24) is 0 Å². The van der Waals surface area contributed by atoms with Crippen molar-refractivity contribution in [2.24, 2.45) is 5.92 Å². The summed E-state index contributed by atoms with van der Waals surface area (Å²) in [5.41, 5.74) is -0.159. The van der Waals surface area contributed by atoms with Crippen LogP contribution in [0.25, 0.3) is 0 Å². The van der Waals surface area contributed by atoms with E-state index in [0.717, 1.165) is 11.9 Å². The molecule has 0 fully saturated rings. The summed E-state index contributed by atoms with van der Waals surface area (Å²) >= 11 is 0. The monoisotopic (exact) mass is 152 g/mol. The van der Waals surface area contributed by atoms with Gasteiger partial charge in [0.15, 0.2) is 0 Å².